The van der Waals surface area contributed by atoms with E-state index in [0.29, 0.717) is 12.2 Å². The Bertz CT molecular complexity index is 866. The molecule has 1 saturated heterocycles. The van der Waals surface area contributed by atoms with Gasteiger partial charge in [0.05, 0.1) is 17.8 Å². The predicted octanol–water partition coefficient (Wildman–Crippen LogP) is 4.38. The molecule has 1 aliphatic carbocycles. The zero-order chi connectivity index (χ0) is 20.4. The minimum absolute atomic E-state index is 0.0110. The second-order valence-electron chi connectivity index (χ2n) is 8.97. The summed E-state index contributed by atoms with van der Waals surface area (Å²) in [5.41, 5.74) is 3.87. The van der Waals surface area contributed by atoms with Gasteiger partial charge in [-0.15, -0.1) is 0 Å². The quantitative estimate of drug-likeness (QED) is 0.791. The number of aromatic nitrogens is 1. The number of ether oxygens (including phenoxy) is 1. The second-order valence-corrected chi connectivity index (χ2v) is 8.97. The number of benzene rings is 1. The van der Waals surface area contributed by atoms with E-state index < -0.39 is 0 Å². The zero-order valence-electron chi connectivity index (χ0n) is 17.7. The number of hydrogen-bond donors (Lipinski definition) is 1. The summed E-state index contributed by atoms with van der Waals surface area (Å²) in [6.45, 7) is 3.72. The summed E-state index contributed by atoms with van der Waals surface area (Å²) in [6.07, 6.45) is 6.07. The van der Waals surface area contributed by atoms with Crippen molar-refractivity contribution in [3.63, 3.8) is 0 Å². The highest BCUT2D eigenvalue weighted by atomic mass is 16.5. The summed E-state index contributed by atoms with van der Waals surface area (Å²) in [5, 5.41) is 3.70. The van der Waals surface area contributed by atoms with Gasteiger partial charge in [0.1, 0.15) is 5.82 Å². The molecular formula is C24H31N3O2. The molecule has 1 aliphatic heterocycles. The molecule has 1 amide bonds. The fourth-order valence-electron chi connectivity index (χ4n) is 4.02. The molecule has 154 valence electrons. The molecule has 0 spiro atoms. The smallest absolute Gasteiger partial charge is 0.253 e. The number of amides is 1. The van der Waals surface area contributed by atoms with Crippen molar-refractivity contribution in [1.82, 2.24) is 9.88 Å². The van der Waals surface area contributed by atoms with Crippen LogP contribution in [0, 0.1) is 5.92 Å². The van der Waals surface area contributed by atoms with Crippen molar-refractivity contribution in [2.75, 3.05) is 32.6 Å². The highest BCUT2D eigenvalue weighted by Gasteiger charge is 2.31. The molecule has 1 aromatic carbocycles. The third-order valence-corrected chi connectivity index (χ3v) is 6.18. The topological polar surface area (TPSA) is 54.5 Å². The van der Waals surface area contributed by atoms with Gasteiger partial charge in [0.15, 0.2) is 0 Å². The van der Waals surface area contributed by atoms with Crippen LogP contribution in [0.4, 0.5) is 5.82 Å². The maximum Gasteiger partial charge on any atom is 0.253 e. The average Bonchev–Trinajstić information content (AvgIpc) is 3.11. The van der Waals surface area contributed by atoms with Crippen LogP contribution < -0.4 is 5.32 Å². The number of anilines is 1. The van der Waals surface area contributed by atoms with Gasteiger partial charge < -0.3 is 15.0 Å². The standard InChI is InChI=1S/C24H31N3O2/c1-24(13-14-29-16-24)26-22-20(15-17-5-4-6-17)11-12-21(25-22)18-7-9-19(10-8-18)23(28)27(2)3/h7-12,17H,4-6,13-16H2,1-3H3,(H,25,26). The van der Waals surface area contributed by atoms with Crippen molar-refractivity contribution in [2.24, 2.45) is 5.92 Å². The Morgan fingerprint density at radius 2 is 1.97 bits per heavy atom. The molecule has 0 radical (unpaired) electrons. The first-order valence-corrected chi connectivity index (χ1v) is 10.6. The minimum Gasteiger partial charge on any atom is -0.379 e. The minimum atomic E-state index is -0.0675. The Hall–Kier alpha value is -2.40. The van der Waals surface area contributed by atoms with E-state index >= 15 is 0 Å². The highest BCUT2D eigenvalue weighted by molar-refractivity contribution is 5.94. The molecule has 5 nitrogen and oxygen atoms in total. The number of rotatable bonds is 6. The summed E-state index contributed by atoms with van der Waals surface area (Å²) < 4.78 is 5.63. The molecule has 29 heavy (non-hydrogen) atoms. The van der Waals surface area contributed by atoms with Gasteiger partial charge in [-0.05, 0) is 49.4 Å². The fraction of sp³-hybridized carbons (Fsp3) is 0.500. The van der Waals surface area contributed by atoms with Gasteiger partial charge in [0.2, 0.25) is 0 Å². The lowest BCUT2D eigenvalue weighted by atomic mass is 9.81. The molecule has 0 bridgehead atoms. The molecular weight excluding hydrogens is 362 g/mol. The highest BCUT2D eigenvalue weighted by Crippen LogP contribution is 2.34. The van der Waals surface area contributed by atoms with Crippen LogP contribution in [-0.4, -0.2) is 48.6 Å². The molecule has 1 N–H and O–H groups in total. The van der Waals surface area contributed by atoms with Crippen LogP contribution in [-0.2, 0) is 11.2 Å². The molecule has 1 aromatic heterocycles. The molecule has 4 rings (SSSR count). The zero-order valence-corrected chi connectivity index (χ0v) is 17.7. The monoisotopic (exact) mass is 393 g/mol. The van der Waals surface area contributed by atoms with E-state index in [9.17, 15) is 4.79 Å². The van der Waals surface area contributed by atoms with Gasteiger partial charge in [-0.1, -0.05) is 37.5 Å². The van der Waals surface area contributed by atoms with Gasteiger partial charge in [-0.3, -0.25) is 4.79 Å². The van der Waals surface area contributed by atoms with Crippen molar-refractivity contribution >= 4 is 11.7 Å². The predicted molar refractivity (Wildman–Crippen MR) is 116 cm³/mol. The van der Waals surface area contributed by atoms with Crippen LogP contribution in [0.2, 0.25) is 0 Å². The van der Waals surface area contributed by atoms with E-state index in [1.54, 1.807) is 19.0 Å². The van der Waals surface area contributed by atoms with E-state index in [0.717, 1.165) is 42.4 Å². The average molecular weight is 394 g/mol. The van der Waals surface area contributed by atoms with E-state index in [1.807, 2.05) is 24.3 Å². The molecule has 2 heterocycles. The number of carbonyl (C=O) groups excluding carboxylic acids is 1. The van der Waals surface area contributed by atoms with Gasteiger partial charge in [0.25, 0.3) is 5.91 Å². The molecule has 1 saturated carbocycles. The second kappa shape index (κ2) is 8.15. The third kappa shape index (κ3) is 4.45. The number of carbonyl (C=O) groups is 1. The van der Waals surface area contributed by atoms with Gasteiger partial charge >= 0.3 is 0 Å². The van der Waals surface area contributed by atoms with E-state index in [4.69, 9.17) is 9.72 Å². The SMILES string of the molecule is CN(C)C(=O)c1ccc(-c2ccc(CC3CCC3)c(NC3(C)CCOC3)n2)cc1. The van der Waals surface area contributed by atoms with Crippen LogP contribution in [0.15, 0.2) is 36.4 Å². The first-order chi connectivity index (χ1) is 13.9. The van der Waals surface area contributed by atoms with Gasteiger partial charge in [-0.25, -0.2) is 4.98 Å². The first kappa shape index (κ1) is 19.9. The van der Waals surface area contributed by atoms with Crippen molar-refractivity contribution in [2.45, 2.75) is 44.6 Å². The van der Waals surface area contributed by atoms with Gasteiger partial charge in [-0.2, -0.15) is 0 Å². The Morgan fingerprint density at radius 1 is 1.21 bits per heavy atom. The van der Waals surface area contributed by atoms with E-state index in [-0.39, 0.29) is 11.4 Å². The largest absolute Gasteiger partial charge is 0.379 e. The van der Waals surface area contributed by atoms with E-state index in [2.05, 4.69) is 24.4 Å². The van der Waals surface area contributed by atoms with Crippen LogP contribution in [0.5, 0.6) is 0 Å². The van der Waals surface area contributed by atoms with Crippen molar-refractivity contribution in [3.8, 4) is 11.3 Å². The summed E-state index contributed by atoms with van der Waals surface area (Å²) in [5.74, 6) is 1.78. The molecule has 1 unspecified atom stereocenters. The lowest BCUT2D eigenvalue weighted by molar-refractivity contribution is 0.0827. The van der Waals surface area contributed by atoms with E-state index in [1.165, 1.54) is 24.8 Å². The fourth-order valence-corrected chi connectivity index (χ4v) is 4.02. The normalized spacial score (nSPS) is 21.6. The molecule has 2 aliphatic rings. The molecule has 5 heteroatoms. The maximum atomic E-state index is 12.1. The van der Waals surface area contributed by atoms with Crippen LogP contribution in [0.3, 0.4) is 0 Å². The molecule has 2 aromatic rings. The summed E-state index contributed by atoms with van der Waals surface area (Å²) in [7, 11) is 3.54. The summed E-state index contributed by atoms with van der Waals surface area (Å²) in [6, 6.07) is 12.0. The van der Waals surface area contributed by atoms with Crippen LogP contribution in [0.1, 0.15) is 48.5 Å². The summed E-state index contributed by atoms with van der Waals surface area (Å²) >= 11 is 0. The molecule has 2 fully saturated rings. The molecule has 1 atom stereocenters. The van der Waals surface area contributed by atoms with Crippen molar-refractivity contribution in [3.05, 3.63) is 47.5 Å². The Balaban J connectivity index is 1.61. The van der Waals surface area contributed by atoms with Crippen molar-refractivity contribution < 1.29 is 9.53 Å². The third-order valence-electron chi connectivity index (χ3n) is 6.18. The lowest BCUT2D eigenvalue weighted by Crippen LogP contribution is -2.36. The first-order valence-electron chi connectivity index (χ1n) is 10.6. The number of hydrogen-bond acceptors (Lipinski definition) is 4. The van der Waals surface area contributed by atoms with Crippen molar-refractivity contribution in [1.29, 1.82) is 0 Å². The summed E-state index contributed by atoms with van der Waals surface area (Å²) in [4.78, 5) is 18.7. The Kier molecular flexibility index (Phi) is 5.59. The van der Waals surface area contributed by atoms with Crippen LogP contribution in [0.25, 0.3) is 11.3 Å². The number of pyridine rings is 1. The van der Waals surface area contributed by atoms with Gasteiger partial charge in [0, 0.05) is 31.8 Å². The Morgan fingerprint density at radius 3 is 2.55 bits per heavy atom. The maximum absolute atomic E-state index is 12.1. The van der Waals surface area contributed by atoms with Crippen LogP contribution >= 0.6 is 0 Å². The Labute approximate surface area is 173 Å². The number of nitrogens with zero attached hydrogens (tertiary/aromatic N) is 2. The number of nitrogens with one attached hydrogen (secondary N) is 1. The lowest BCUT2D eigenvalue weighted by Gasteiger charge is -2.29.